The van der Waals surface area contributed by atoms with Gasteiger partial charge in [0.25, 0.3) is 0 Å². The van der Waals surface area contributed by atoms with Gasteiger partial charge in [0.15, 0.2) is 0 Å². The van der Waals surface area contributed by atoms with Crippen LogP contribution in [0.25, 0.3) is 0 Å². The van der Waals surface area contributed by atoms with Crippen molar-refractivity contribution in [2.45, 2.75) is 118 Å². The third-order valence-corrected chi connectivity index (χ3v) is 8.78. The zero-order chi connectivity index (χ0) is 28.5. The molecule has 0 saturated heterocycles. The van der Waals surface area contributed by atoms with E-state index in [4.69, 9.17) is 9.47 Å². The number of rotatable bonds is 21. The van der Waals surface area contributed by atoms with Gasteiger partial charge in [0.2, 0.25) is 0 Å². The molecule has 0 radical (unpaired) electrons. The van der Waals surface area contributed by atoms with E-state index in [1.54, 1.807) is 6.92 Å². The van der Waals surface area contributed by atoms with Crippen molar-refractivity contribution in [1.29, 1.82) is 0 Å². The van der Waals surface area contributed by atoms with Crippen LogP contribution >= 0.6 is 0 Å². The number of unbranched alkanes of at least 4 members (excludes halogenated alkanes) is 2. The van der Waals surface area contributed by atoms with Gasteiger partial charge in [-0.2, -0.15) is 0 Å². The van der Waals surface area contributed by atoms with Gasteiger partial charge >= 0.3 is 5.97 Å². The molecule has 1 aliphatic rings. The Labute approximate surface area is 235 Å². The van der Waals surface area contributed by atoms with Gasteiger partial charge in [0.1, 0.15) is 5.76 Å². The topological polar surface area (TPSA) is 55.8 Å². The lowest BCUT2D eigenvalue weighted by molar-refractivity contribution is -0.140. The van der Waals surface area contributed by atoms with Gasteiger partial charge in [-0.3, -0.25) is 0 Å². The summed E-state index contributed by atoms with van der Waals surface area (Å²) in [5, 5.41) is 10.0. The SMILES string of the molecule is C=C(C)C(=C)OCCC(CO)CC(COC(=O)C(=C)C)CC1CCC(C(C)CCC(C)CCCCC)CC1. The van der Waals surface area contributed by atoms with Crippen molar-refractivity contribution in [3.63, 3.8) is 0 Å². The maximum absolute atomic E-state index is 12.1. The molecule has 0 aliphatic heterocycles. The molecule has 0 aromatic heterocycles. The molecule has 4 atom stereocenters. The number of allylic oxidation sites excluding steroid dienone is 1. The summed E-state index contributed by atoms with van der Waals surface area (Å²) in [6.07, 6.45) is 15.9. The van der Waals surface area contributed by atoms with Crippen LogP contribution in [0.2, 0.25) is 0 Å². The first-order valence-corrected chi connectivity index (χ1v) is 15.5. The Balaban J connectivity index is 2.57. The number of carbonyl (C=O) groups is 1. The Morgan fingerprint density at radius 1 is 0.895 bits per heavy atom. The first-order valence-electron chi connectivity index (χ1n) is 15.5. The Hall–Kier alpha value is -1.55. The molecule has 0 heterocycles. The van der Waals surface area contributed by atoms with Crippen LogP contribution in [0.5, 0.6) is 0 Å². The first kappa shape index (κ1) is 34.5. The van der Waals surface area contributed by atoms with E-state index in [-0.39, 0.29) is 24.4 Å². The Bertz CT molecular complexity index is 703. The summed E-state index contributed by atoms with van der Waals surface area (Å²) >= 11 is 0. The highest BCUT2D eigenvalue weighted by Gasteiger charge is 2.28. The summed E-state index contributed by atoms with van der Waals surface area (Å²) in [5.41, 5.74) is 1.25. The zero-order valence-electron chi connectivity index (χ0n) is 25.6. The maximum atomic E-state index is 12.1. The quantitative estimate of drug-likeness (QED) is 0.0526. The van der Waals surface area contributed by atoms with E-state index in [2.05, 4.69) is 40.5 Å². The van der Waals surface area contributed by atoms with Crippen molar-refractivity contribution in [1.82, 2.24) is 0 Å². The number of hydrogen-bond acceptors (Lipinski definition) is 4. The third kappa shape index (κ3) is 14.6. The first-order chi connectivity index (χ1) is 18.1. The average molecular weight is 533 g/mol. The summed E-state index contributed by atoms with van der Waals surface area (Å²) < 4.78 is 11.3. The van der Waals surface area contributed by atoms with Crippen molar-refractivity contribution in [3.8, 4) is 0 Å². The molecule has 0 bridgehead atoms. The van der Waals surface area contributed by atoms with E-state index >= 15 is 0 Å². The standard InChI is InChI=1S/C34H60O4/c1-9-10-11-12-27(6)13-14-28(7)33-17-15-30(16-18-33)21-32(24-38-34(36)26(4)5)22-31(23-35)19-20-37-29(8)25(2)3/h27-28,30-33,35H,2,4,8-24H2,1,3,5-7H3. The molecule has 1 fully saturated rings. The fourth-order valence-electron chi connectivity index (χ4n) is 5.91. The monoisotopic (exact) mass is 532 g/mol. The minimum Gasteiger partial charge on any atom is -0.494 e. The van der Waals surface area contributed by atoms with E-state index in [1.165, 1.54) is 64.2 Å². The van der Waals surface area contributed by atoms with E-state index in [0.717, 1.165) is 42.6 Å². The molecule has 0 aromatic carbocycles. The van der Waals surface area contributed by atoms with Crippen LogP contribution in [0.1, 0.15) is 118 Å². The number of aliphatic hydroxyl groups excluding tert-OH is 1. The third-order valence-electron chi connectivity index (χ3n) is 8.78. The minimum absolute atomic E-state index is 0.106. The van der Waals surface area contributed by atoms with E-state index in [1.807, 2.05) is 6.92 Å². The second-order valence-corrected chi connectivity index (χ2v) is 12.5. The normalized spacial score (nSPS) is 20.7. The Morgan fingerprint density at radius 3 is 2.16 bits per heavy atom. The molecule has 4 heteroatoms. The van der Waals surface area contributed by atoms with Crippen molar-refractivity contribution >= 4 is 5.97 Å². The minimum atomic E-state index is -0.321. The van der Waals surface area contributed by atoms with E-state index < -0.39 is 0 Å². The predicted molar refractivity (Wildman–Crippen MR) is 161 cm³/mol. The van der Waals surface area contributed by atoms with Gasteiger partial charge in [0.05, 0.1) is 13.2 Å². The molecule has 4 unspecified atom stereocenters. The van der Waals surface area contributed by atoms with Crippen LogP contribution < -0.4 is 0 Å². The average Bonchev–Trinajstić information content (AvgIpc) is 2.89. The van der Waals surface area contributed by atoms with E-state index in [9.17, 15) is 9.90 Å². The fourth-order valence-corrected chi connectivity index (χ4v) is 5.91. The molecular formula is C34H60O4. The van der Waals surface area contributed by atoms with Crippen LogP contribution in [-0.4, -0.2) is 30.9 Å². The molecule has 38 heavy (non-hydrogen) atoms. The molecule has 0 spiro atoms. The summed E-state index contributed by atoms with van der Waals surface area (Å²) in [5.74, 6) is 3.80. The molecular weight excluding hydrogens is 472 g/mol. The van der Waals surface area contributed by atoms with Crippen molar-refractivity contribution in [3.05, 3.63) is 36.6 Å². The lowest BCUT2D eigenvalue weighted by Gasteiger charge is -2.34. The molecule has 1 saturated carbocycles. The van der Waals surface area contributed by atoms with E-state index in [0.29, 0.717) is 30.5 Å². The van der Waals surface area contributed by atoms with Crippen LogP contribution in [0.4, 0.5) is 0 Å². The van der Waals surface area contributed by atoms with Gasteiger partial charge < -0.3 is 14.6 Å². The molecule has 1 rings (SSSR count). The van der Waals surface area contributed by atoms with Gasteiger partial charge in [0, 0.05) is 12.2 Å². The summed E-state index contributed by atoms with van der Waals surface area (Å²) in [7, 11) is 0. The molecule has 1 aliphatic carbocycles. The highest BCUT2D eigenvalue weighted by atomic mass is 16.5. The smallest absolute Gasteiger partial charge is 0.333 e. The number of hydrogen-bond donors (Lipinski definition) is 1. The molecule has 4 nitrogen and oxygen atoms in total. The fraction of sp³-hybridized carbons (Fsp3) is 0.794. The maximum Gasteiger partial charge on any atom is 0.333 e. The lowest BCUT2D eigenvalue weighted by atomic mass is 9.72. The second kappa shape index (κ2) is 19.5. The summed E-state index contributed by atoms with van der Waals surface area (Å²) in [6.45, 7) is 23.2. The Morgan fingerprint density at radius 2 is 1.58 bits per heavy atom. The molecule has 0 amide bonds. The van der Waals surface area contributed by atoms with Gasteiger partial charge in [-0.1, -0.05) is 91.9 Å². The van der Waals surface area contributed by atoms with Crippen LogP contribution in [0, 0.1) is 35.5 Å². The molecule has 220 valence electrons. The number of esters is 1. The van der Waals surface area contributed by atoms with Crippen LogP contribution in [0.3, 0.4) is 0 Å². The van der Waals surface area contributed by atoms with Gasteiger partial charge in [-0.05, 0) is 87.0 Å². The van der Waals surface area contributed by atoms with Crippen LogP contribution in [-0.2, 0) is 14.3 Å². The second-order valence-electron chi connectivity index (χ2n) is 12.5. The summed E-state index contributed by atoms with van der Waals surface area (Å²) in [4.78, 5) is 12.1. The highest BCUT2D eigenvalue weighted by molar-refractivity contribution is 5.86. The van der Waals surface area contributed by atoms with Crippen molar-refractivity contribution < 1.29 is 19.4 Å². The predicted octanol–water partition coefficient (Wildman–Crippen LogP) is 9.05. The van der Waals surface area contributed by atoms with Crippen molar-refractivity contribution in [2.75, 3.05) is 19.8 Å². The van der Waals surface area contributed by atoms with Crippen LogP contribution in [0.15, 0.2) is 36.6 Å². The zero-order valence-corrected chi connectivity index (χ0v) is 25.6. The number of aliphatic hydroxyl groups is 1. The largest absolute Gasteiger partial charge is 0.494 e. The van der Waals surface area contributed by atoms with Gasteiger partial charge in [-0.25, -0.2) is 4.79 Å². The molecule has 1 N–H and O–H groups in total. The summed E-state index contributed by atoms with van der Waals surface area (Å²) in [6, 6.07) is 0. The molecule has 0 aromatic rings. The lowest BCUT2D eigenvalue weighted by Crippen LogP contribution is -2.26. The van der Waals surface area contributed by atoms with Crippen molar-refractivity contribution in [2.24, 2.45) is 35.5 Å². The highest BCUT2D eigenvalue weighted by Crippen LogP contribution is 2.39. The number of carbonyl (C=O) groups excluding carboxylic acids is 1. The number of ether oxygens (including phenoxy) is 2. The van der Waals surface area contributed by atoms with Gasteiger partial charge in [-0.15, -0.1) is 0 Å². The Kier molecular flexibility index (Phi) is 17.7.